The average Bonchev–Trinajstić information content (AvgIpc) is 3.36. The maximum absolute atomic E-state index is 5.63. The Morgan fingerprint density at radius 3 is 2.86 bits per heavy atom. The normalized spacial score (nSPS) is 21.0. The van der Waals surface area contributed by atoms with Gasteiger partial charge < -0.3 is 9.42 Å². The van der Waals surface area contributed by atoms with Crippen LogP contribution in [0.25, 0.3) is 11.5 Å². The van der Waals surface area contributed by atoms with Crippen LogP contribution in [0, 0.1) is 6.92 Å². The Kier molecular flexibility index (Phi) is 4.38. The van der Waals surface area contributed by atoms with E-state index in [0.717, 1.165) is 62.1 Å². The fourth-order valence-electron chi connectivity index (χ4n) is 4.27. The summed E-state index contributed by atoms with van der Waals surface area (Å²) in [6.45, 7) is 4.16. The van der Waals surface area contributed by atoms with Crippen molar-refractivity contribution in [2.24, 2.45) is 0 Å². The Bertz CT molecular complexity index is 972. The summed E-state index contributed by atoms with van der Waals surface area (Å²) in [6.07, 6.45) is 8.21. The molecule has 146 valence electrons. The van der Waals surface area contributed by atoms with Crippen molar-refractivity contribution >= 4 is 0 Å². The molecule has 0 spiro atoms. The summed E-state index contributed by atoms with van der Waals surface area (Å²) in [6, 6.07) is 0.438. The Morgan fingerprint density at radius 2 is 2.04 bits per heavy atom. The van der Waals surface area contributed by atoms with E-state index < -0.39 is 0 Å². The first-order valence-corrected chi connectivity index (χ1v) is 9.91. The van der Waals surface area contributed by atoms with Gasteiger partial charge in [0.2, 0.25) is 11.7 Å². The van der Waals surface area contributed by atoms with Crippen molar-refractivity contribution in [1.82, 2.24) is 40.0 Å². The number of rotatable bonds is 3. The summed E-state index contributed by atoms with van der Waals surface area (Å²) in [5.74, 6) is 1.40. The maximum Gasteiger partial charge on any atom is 0.230 e. The fraction of sp³-hybridized carbons (Fsp3) is 0.579. The Hall–Kier alpha value is -2.68. The zero-order valence-electron chi connectivity index (χ0n) is 16.2. The van der Waals surface area contributed by atoms with E-state index in [2.05, 4.69) is 47.1 Å². The van der Waals surface area contributed by atoms with Crippen molar-refractivity contribution in [3.63, 3.8) is 0 Å². The molecule has 9 heteroatoms. The monoisotopic (exact) mass is 380 g/mol. The van der Waals surface area contributed by atoms with Crippen LogP contribution in [0.15, 0.2) is 17.0 Å². The molecule has 3 aromatic heterocycles. The molecule has 9 nitrogen and oxygen atoms in total. The van der Waals surface area contributed by atoms with E-state index in [1.165, 1.54) is 12.0 Å². The third-order valence-corrected chi connectivity index (χ3v) is 5.97. The zero-order chi connectivity index (χ0) is 19.1. The second-order valence-electron chi connectivity index (χ2n) is 7.91. The van der Waals surface area contributed by atoms with Crippen LogP contribution in [-0.4, -0.2) is 60.1 Å². The lowest BCUT2D eigenvalue weighted by Crippen LogP contribution is -2.33. The summed E-state index contributed by atoms with van der Waals surface area (Å²) in [7, 11) is 2.18. The van der Waals surface area contributed by atoms with Gasteiger partial charge in [0.1, 0.15) is 12.0 Å². The molecule has 1 unspecified atom stereocenters. The molecule has 1 fully saturated rings. The van der Waals surface area contributed by atoms with Crippen LogP contribution in [0.1, 0.15) is 54.1 Å². The molecule has 4 heterocycles. The van der Waals surface area contributed by atoms with Gasteiger partial charge >= 0.3 is 0 Å². The molecule has 0 aromatic carbocycles. The molecule has 5 rings (SSSR count). The maximum atomic E-state index is 5.63. The molecule has 1 atom stereocenters. The summed E-state index contributed by atoms with van der Waals surface area (Å²) < 4.78 is 7.79. The van der Waals surface area contributed by atoms with Crippen molar-refractivity contribution in [1.29, 1.82) is 0 Å². The molecule has 0 radical (unpaired) electrons. The van der Waals surface area contributed by atoms with Gasteiger partial charge in [-0.25, -0.2) is 14.6 Å². The van der Waals surface area contributed by atoms with Crippen LogP contribution < -0.4 is 0 Å². The van der Waals surface area contributed by atoms with Crippen LogP contribution in [0.5, 0.6) is 0 Å². The first-order chi connectivity index (χ1) is 13.7. The molecule has 3 aromatic rings. The van der Waals surface area contributed by atoms with Crippen LogP contribution in [0.3, 0.4) is 0 Å². The zero-order valence-corrected chi connectivity index (χ0v) is 16.2. The highest BCUT2D eigenvalue weighted by atomic mass is 16.5. The van der Waals surface area contributed by atoms with Gasteiger partial charge in [-0.05, 0) is 58.3 Å². The topological polar surface area (TPSA) is 98.7 Å². The number of fused-ring (bicyclic) bond motifs is 1. The number of nitrogens with zero attached hydrogens (tertiary/aromatic N) is 8. The molecule has 1 aliphatic heterocycles. The lowest BCUT2D eigenvalue weighted by atomic mass is 9.89. The second kappa shape index (κ2) is 7.05. The second-order valence-corrected chi connectivity index (χ2v) is 7.91. The first kappa shape index (κ1) is 17.4. The van der Waals surface area contributed by atoms with Gasteiger partial charge in [-0.1, -0.05) is 10.4 Å². The van der Waals surface area contributed by atoms with E-state index in [9.17, 15) is 0 Å². The molecule has 2 aliphatic rings. The van der Waals surface area contributed by atoms with Crippen molar-refractivity contribution in [3.05, 3.63) is 35.4 Å². The van der Waals surface area contributed by atoms with E-state index >= 15 is 0 Å². The Labute approximate surface area is 163 Å². The quantitative estimate of drug-likeness (QED) is 0.680. The molecular formula is C19H24N8O. The number of hydrogen-bond donors (Lipinski definition) is 0. The van der Waals surface area contributed by atoms with Gasteiger partial charge in [0.05, 0.1) is 17.4 Å². The van der Waals surface area contributed by atoms with Gasteiger partial charge in [-0.15, -0.1) is 5.10 Å². The van der Waals surface area contributed by atoms with E-state index in [4.69, 9.17) is 4.52 Å². The van der Waals surface area contributed by atoms with Crippen LogP contribution in [-0.2, 0) is 12.8 Å². The van der Waals surface area contributed by atoms with Gasteiger partial charge in [0.15, 0.2) is 0 Å². The smallest absolute Gasteiger partial charge is 0.230 e. The third-order valence-electron chi connectivity index (χ3n) is 5.97. The summed E-state index contributed by atoms with van der Waals surface area (Å²) in [4.78, 5) is 15.3. The minimum atomic E-state index is 0.194. The predicted octanol–water partition coefficient (Wildman–Crippen LogP) is 1.97. The Balaban J connectivity index is 1.38. The lowest BCUT2D eigenvalue weighted by Gasteiger charge is -2.30. The van der Waals surface area contributed by atoms with E-state index in [0.29, 0.717) is 17.8 Å². The van der Waals surface area contributed by atoms with Gasteiger partial charge in [-0.2, -0.15) is 4.98 Å². The van der Waals surface area contributed by atoms with E-state index in [-0.39, 0.29) is 5.92 Å². The van der Waals surface area contributed by atoms with Crippen LogP contribution >= 0.6 is 0 Å². The summed E-state index contributed by atoms with van der Waals surface area (Å²) >= 11 is 0. The molecule has 1 aliphatic carbocycles. The minimum Gasteiger partial charge on any atom is -0.339 e. The van der Waals surface area contributed by atoms with Crippen LogP contribution in [0.2, 0.25) is 0 Å². The minimum absolute atomic E-state index is 0.194. The van der Waals surface area contributed by atoms with Crippen molar-refractivity contribution < 1.29 is 4.52 Å². The number of aryl methyl sites for hydroxylation is 2. The molecule has 0 amide bonds. The molecule has 28 heavy (non-hydrogen) atoms. The predicted molar refractivity (Wildman–Crippen MR) is 101 cm³/mol. The lowest BCUT2D eigenvalue weighted by molar-refractivity contribution is 0.207. The van der Waals surface area contributed by atoms with Crippen molar-refractivity contribution in [2.45, 2.75) is 51.0 Å². The molecule has 1 saturated heterocycles. The standard InChI is InChI=1S/C19H24N8O/c1-12-10-20-11-21-17(12)18-22-19(28-24-18)13-3-4-15-16(9-13)27(25-23-15)14-5-7-26(2)8-6-14/h10-11,13-14H,3-9H2,1-2H3. The number of piperidine rings is 1. The van der Waals surface area contributed by atoms with Gasteiger partial charge in [0.25, 0.3) is 0 Å². The SMILES string of the molecule is Cc1cncnc1-c1noc(C2CCc3nnn(C4CCN(C)CC4)c3C2)n1. The molecule has 0 saturated carbocycles. The van der Waals surface area contributed by atoms with Gasteiger partial charge in [-0.3, -0.25) is 0 Å². The molecular weight excluding hydrogens is 356 g/mol. The average molecular weight is 380 g/mol. The first-order valence-electron chi connectivity index (χ1n) is 9.91. The number of likely N-dealkylation sites (tertiary alicyclic amines) is 1. The highest BCUT2D eigenvalue weighted by Gasteiger charge is 2.31. The molecule has 0 N–H and O–H groups in total. The third kappa shape index (κ3) is 3.09. The highest BCUT2D eigenvalue weighted by molar-refractivity contribution is 5.52. The Morgan fingerprint density at radius 1 is 1.18 bits per heavy atom. The van der Waals surface area contributed by atoms with Crippen molar-refractivity contribution in [3.8, 4) is 11.5 Å². The summed E-state index contributed by atoms with van der Waals surface area (Å²) in [5, 5.41) is 13.1. The fourth-order valence-corrected chi connectivity index (χ4v) is 4.27. The number of hydrogen-bond acceptors (Lipinski definition) is 8. The van der Waals surface area contributed by atoms with E-state index in [1.807, 2.05) is 6.92 Å². The number of aromatic nitrogens is 7. The highest BCUT2D eigenvalue weighted by Crippen LogP contribution is 2.34. The largest absolute Gasteiger partial charge is 0.339 e. The summed E-state index contributed by atoms with van der Waals surface area (Å²) in [5.41, 5.74) is 4.02. The van der Waals surface area contributed by atoms with Crippen LogP contribution in [0.4, 0.5) is 0 Å². The van der Waals surface area contributed by atoms with Gasteiger partial charge in [0, 0.05) is 18.5 Å². The molecule has 0 bridgehead atoms. The van der Waals surface area contributed by atoms with E-state index in [1.54, 1.807) is 6.20 Å². The van der Waals surface area contributed by atoms with Crippen molar-refractivity contribution in [2.75, 3.05) is 20.1 Å².